The SMILES string of the molecule is Cc1ccccc1C(C)N1CC(=O)OC(=O)C1. The fourth-order valence-electron chi connectivity index (χ4n) is 2.11. The van der Waals surface area contributed by atoms with Crippen molar-refractivity contribution >= 4 is 11.9 Å². The Labute approximate surface area is 100 Å². The van der Waals surface area contributed by atoms with Gasteiger partial charge in [0.05, 0.1) is 13.1 Å². The number of aryl methyl sites for hydroxylation is 1. The molecule has 0 aliphatic carbocycles. The molecule has 1 aromatic carbocycles. The van der Waals surface area contributed by atoms with Gasteiger partial charge < -0.3 is 4.74 Å². The maximum absolute atomic E-state index is 11.2. The third-order valence-electron chi connectivity index (χ3n) is 3.08. The van der Waals surface area contributed by atoms with E-state index in [9.17, 15) is 9.59 Å². The quantitative estimate of drug-likeness (QED) is 0.573. The second-order valence-corrected chi connectivity index (χ2v) is 4.28. The van der Waals surface area contributed by atoms with E-state index in [0.717, 1.165) is 11.1 Å². The molecule has 0 radical (unpaired) electrons. The molecule has 1 heterocycles. The number of morpholine rings is 1. The minimum absolute atomic E-state index is 0.0352. The summed E-state index contributed by atoms with van der Waals surface area (Å²) >= 11 is 0. The lowest BCUT2D eigenvalue weighted by molar-refractivity contribution is -0.167. The molecule has 0 N–H and O–H groups in total. The maximum atomic E-state index is 11.2. The Morgan fingerprint density at radius 3 is 2.35 bits per heavy atom. The van der Waals surface area contributed by atoms with Crippen LogP contribution in [0, 0.1) is 6.92 Å². The van der Waals surface area contributed by atoms with Gasteiger partial charge in [-0.25, -0.2) is 0 Å². The molecule has 90 valence electrons. The number of esters is 2. The second-order valence-electron chi connectivity index (χ2n) is 4.28. The van der Waals surface area contributed by atoms with Crippen molar-refractivity contribution in [1.82, 2.24) is 4.90 Å². The topological polar surface area (TPSA) is 46.6 Å². The fraction of sp³-hybridized carbons (Fsp3) is 0.385. The summed E-state index contributed by atoms with van der Waals surface area (Å²) in [6.07, 6.45) is 0. The van der Waals surface area contributed by atoms with E-state index in [4.69, 9.17) is 0 Å². The number of nitrogens with zero attached hydrogens (tertiary/aromatic N) is 1. The Bertz CT molecular complexity index is 440. The zero-order chi connectivity index (χ0) is 12.4. The van der Waals surface area contributed by atoms with Crippen molar-refractivity contribution < 1.29 is 14.3 Å². The second kappa shape index (κ2) is 4.67. The van der Waals surface area contributed by atoms with Crippen molar-refractivity contribution in [2.75, 3.05) is 13.1 Å². The molecule has 1 aromatic rings. The minimum Gasteiger partial charge on any atom is -0.391 e. The van der Waals surface area contributed by atoms with Gasteiger partial charge in [-0.05, 0) is 25.0 Å². The van der Waals surface area contributed by atoms with Gasteiger partial charge in [0.25, 0.3) is 0 Å². The zero-order valence-corrected chi connectivity index (χ0v) is 9.97. The van der Waals surface area contributed by atoms with Crippen LogP contribution in [0.15, 0.2) is 24.3 Å². The van der Waals surface area contributed by atoms with E-state index < -0.39 is 11.9 Å². The molecule has 1 aliphatic rings. The van der Waals surface area contributed by atoms with E-state index >= 15 is 0 Å². The van der Waals surface area contributed by atoms with Gasteiger partial charge in [-0.3, -0.25) is 14.5 Å². The van der Waals surface area contributed by atoms with Gasteiger partial charge in [0, 0.05) is 6.04 Å². The number of hydrogen-bond acceptors (Lipinski definition) is 4. The molecule has 0 amide bonds. The summed E-state index contributed by atoms with van der Waals surface area (Å²) in [5.74, 6) is -0.941. The van der Waals surface area contributed by atoms with Gasteiger partial charge in [0.2, 0.25) is 0 Å². The third-order valence-corrected chi connectivity index (χ3v) is 3.08. The average Bonchev–Trinajstić information content (AvgIpc) is 2.27. The molecule has 0 aromatic heterocycles. The first-order valence-corrected chi connectivity index (χ1v) is 5.61. The van der Waals surface area contributed by atoms with Gasteiger partial charge in [-0.15, -0.1) is 0 Å². The molecule has 1 fully saturated rings. The predicted octanol–water partition coefficient (Wildman–Crippen LogP) is 1.44. The minimum atomic E-state index is -0.471. The summed E-state index contributed by atoms with van der Waals surface area (Å²) in [6, 6.07) is 8.01. The highest BCUT2D eigenvalue weighted by atomic mass is 16.6. The van der Waals surface area contributed by atoms with E-state index in [2.05, 4.69) is 4.74 Å². The Kier molecular flexibility index (Phi) is 3.24. The van der Waals surface area contributed by atoms with E-state index in [1.807, 2.05) is 43.0 Å². The lowest BCUT2D eigenvalue weighted by Crippen LogP contribution is -2.44. The highest BCUT2D eigenvalue weighted by Crippen LogP contribution is 2.24. The van der Waals surface area contributed by atoms with Crippen molar-refractivity contribution in [1.29, 1.82) is 0 Å². The molecular formula is C13H15NO3. The van der Waals surface area contributed by atoms with Crippen LogP contribution in [-0.4, -0.2) is 29.9 Å². The van der Waals surface area contributed by atoms with Crippen LogP contribution in [0.1, 0.15) is 24.1 Å². The van der Waals surface area contributed by atoms with Gasteiger partial charge in [0.1, 0.15) is 0 Å². The van der Waals surface area contributed by atoms with Crippen LogP contribution in [-0.2, 0) is 14.3 Å². The van der Waals surface area contributed by atoms with Crippen LogP contribution in [0.3, 0.4) is 0 Å². The normalized spacial score (nSPS) is 18.9. The van der Waals surface area contributed by atoms with Gasteiger partial charge in [-0.2, -0.15) is 0 Å². The summed E-state index contributed by atoms with van der Waals surface area (Å²) in [5, 5.41) is 0. The molecule has 4 heteroatoms. The lowest BCUT2D eigenvalue weighted by Gasteiger charge is -2.31. The van der Waals surface area contributed by atoms with Gasteiger partial charge >= 0.3 is 11.9 Å². The van der Waals surface area contributed by atoms with Gasteiger partial charge in [-0.1, -0.05) is 24.3 Å². The summed E-state index contributed by atoms with van der Waals surface area (Å²) in [4.78, 5) is 24.3. The molecule has 1 saturated heterocycles. The van der Waals surface area contributed by atoms with Crippen molar-refractivity contribution in [3.63, 3.8) is 0 Å². The summed E-state index contributed by atoms with van der Waals surface area (Å²) in [7, 11) is 0. The van der Waals surface area contributed by atoms with Crippen LogP contribution in [0.4, 0.5) is 0 Å². The van der Waals surface area contributed by atoms with Crippen LogP contribution < -0.4 is 0 Å². The lowest BCUT2D eigenvalue weighted by atomic mass is 10.0. The number of rotatable bonds is 2. The number of cyclic esters (lactones) is 2. The first-order valence-electron chi connectivity index (χ1n) is 5.61. The highest BCUT2D eigenvalue weighted by molar-refractivity contribution is 5.90. The molecule has 1 unspecified atom stereocenters. The first kappa shape index (κ1) is 11.8. The largest absolute Gasteiger partial charge is 0.391 e. The molecule has 4 nitrogen and oxygen atoms in total. The van der Waals surface area contributed by atoms with Crippen molar-refractivity contribution in [2.24, 2.45) is 0 Å². The van der Waals surface area contributed by atoms with E-state index in [-0.39, 0.29) is 19.1 Å². The Balaban J connectivity index is 2.20. The predicted molar refractivity (Wildman–Crippen MR) is 62.3 cm³/mol. The number of carbonyl (C=O) groups is 2. The molecule has 0 saturated carbocycles. The van der Waals surface area contributed by atoms with Crippen molar-refractivity contribution in [3.8, 4) is 0 Å². The fourth-order valence-corrected chi connectivity index (χ4v) is 2.11. The molecule has 1 aliphatic heterocycles. The Morgan fingerprint density at radius 2 is 1.76 bits per heavy atom. The van der Waals surface area contributed by atoms with Crippen molar-refractivity contribution in [3.05, 3.63) is 35.4 Å². The van der Waals surface area contributed by atoms with E-state index in [0.29, 0.717) is 0 Å². The summed E-state index contributed by atoms with van der Waals surface area (Å²) < 4.78 is 4.51. The van der Waals surface area contributed by atoms with Crippen molar-refractivity contribution in [2.45, 2.75) is 19.9 Å². The maximum Gasteiger partial charge on any atom is 0.327 e. The molecule has 17 heavy (non-hydrogen) atoms. The average molecular weight is 233 g/mol. The van der Waals surface area contributed by atoms with Crippen LogP contribution in [0.2, 0.25) is 0 Å². The van der Waals surface area contributed by atoms with Crippen LogP contribution in [0.5, 0.6) is 0 Å². The molecule has 0 bridgehead atoms. The summed E-state index contributed by atoms with van der Waals surface area (Å²) in [5.41, 5.74) is 2.29. The van der Waals surface area contributed by atoms with Crippen LogP contribution in [0.25, 0.3) is 0 Å². The number of benzene rings is 1. The molecule has 2 rings (SSSR count). The highest BCUT2D eigenvalue weighted by Gasteiger charge is 2.29. The van der Waals surface area contributed by atoms with Gasteiger partial charge in [0.15, 0.2) is 0 Å². The zero-order valence-electron chi connectivity index (χ0n) is 9.97. The smallest absolute Gasteiger partial charge is 0.327 e. The number of ether oxygens (including phenoxy) is 1. The molecular weight excluding hydrogens is 218 g/mol. The molecule has 1 atom stereocenters. The monoisotopic (exact) mass is 233 g/mol. The molecule has 0 spiro atoms. The van der Waals surface area contributed by atoms with E-state index in [1.165, 1.54) is 0 Å². The Morgan fingerprint density at radius 1 is 1.18 bits per heavy atom. The van der Waals surface area contributed by atoms with Crippen LogP contribution >= 0.6 is 0 Å². The first-order chi connectivity index (χ1) is 8.08. The third kappa shape index (κ3) is 2.53. The summed E-state index contributed by atoms with van der Waals surface area (Å²) in [6.45, 7) is 4.35. The Hall–Kier alpha value is -1.68. The van der Waals surface area contributed by atoms with E-state index in [1.54, 1.807) is 0 Å². The number of hydrogen-bond donors (Lipinski definition) is 0. The standard InChI is InChI=1S/C13H15NO3/c1-9-5-3-4-6-11(9)10(2)14-7-12(15)17-13(16)8-14/h3-6,10H,7-8H2,1-2H3. The number of carbonyl (C=O) groups excluding carboxylic acids is 2.